The lowest BCUT2D eigenvalue weighted by molar-refractivity contribution is -0.132. The summed E-state index contributed by atoms with van der Waals surface area (Å²) in [5, 5.41) is 4.46. The molecule has 0 aliphatic rings. The van der Waals surface area contributed by atoms with E-state index in [2.05, 4.69) is 10.6 Å². The number of carbonyl (C=O) groups is 6. The third kappa shape index (κ3) is 6.75. The molecule has 14 heteroatoms. The second-order valence-electron chi connectivity index (χ2n) is 7.31. The average molecular weight is 569 g/mol. The first kappa shape index (κ1) is 30.4. The molecule has 2 heterocycles. The van der Waals surface area contributed by atoms with E-state index in [1.807, 2.05) is 0 Å². The molecule has 0 bridgehead atoms. The number of amides is 2. The largest absolute Gasteiger partial charge is 0.462 e. The fraction of sp³-hybridized carbons (Fsp3) is 0.417. The van der Waals surface area contributed by atoms with Gasteiger partial charge < -0.3 is 29.6 Å². The number of carbonyl (C=O) groups excluding carboxylic acids is 6. The first-order valence-corrected chi connectivity index (χ1v) is 13.2. The third-order valence-electron chi connectivity index (χ3n) is 4.83. The molecular weight excluding hydrogens is 540 g/mol. The molecule has 38 heavy (non-hydrogen) atoms. The van der Waals surface area contributed by atoms with Crippen LogP contribution in [0.2, 0.25) is 0 Å². The number of anilines is 2. The smallest absolute Gasteiger partial charge is 0.348 e. The number of hydrogen-bond acceptors (Lipinski definition) is 12. The highest BCUT2D eigenvalue weighted by Gasteiger charge is 2.31. The molecule has 0 fully saturated rings. The maximum Gasteiger partial charge on any atom is 0.348 e. The van der Waals surface area contributed by atoms with E-state index in [9.17, 15) is 28.8 Å². The van der Waals surface area contributed by atoms with Gasteiger partial charge >= 0.3 is 35.7 Å². The number of hydrogen-bond donors (Lipinski definition) is 2. The average Bonchev–Trinajstić information content (AvgIpc) is 3.35. The molecule has 2 rings (SSSR count). The predicted molar refractivity (Wildman–Crippen MR) is 139 cm³/mol. The van der Waals surface area contributed by atoms with Gasteiger partial charge in [-0.2, -0.15) is 0 Å². The summed E-state index contributed by atoms with van der Waals surface area (Å²) in [5.74, 6) is -5.41. The van der Waals surface area contributed by atoms with E-state index in [1.165, 1.54) is 13.8 Å². The van der Waals surface area contributed by atoms with Gasteiger partial charge in [-0.25, -0.2) is 19.2 Å². The van der Waals surface area contributed by atoms with Crippen LogP contribution in [0.15, 0.2) is 0 Å². The number of nitrogens with one attached hydrogen (secondary N) is 2. The van der Waals surface area contributed by atoms with Crippen molar-refractivity contribution in [1.29, 1.82) is 0 Å². The molecule has 0 saturated heterocycles. The molecule has 0 aliphatic carbocycles. The van der Waals surface area contributed by atoms with Gasteiger partial charge in [-0.05, 0) is 52.7 Å². The van der Waals surface area contributed by atoms with E-state index < -0.39 is 35.7 Å². The quantitative estimate of drug-likeness (QED) is 0.245. The van der Waals surface area contributed by atoms with Gasteiger partial charge in [-0.3, -0.25) is 9.59 Å². The third-order valence-corrected chi connectivity index (χ3v) is 7.21. The van der Waals surface area contributed by atoms with E-state index in [0.29, 0.717) is 0 Å². The topological polar surface area (TPSA) is 163 Å². The molecule has 0 aliphatic heterocycles. The van der Waals surface area contributed by atoms with Gasteiger partial charge in [0.05, 0.1) is 37.6 Å². The molecule has 2 aromatic heterocycles. The molecule has 2 aromatic rings. The Morgan fingerprint density at radius 1 is 0.553 bits per heavy atom. The first-order chi connectivity index (χ1) is 18.0. The van der Waals surface area contributed by atoms with Crippen LogP contribution in [0.25, 0.3) is 0 Å². The summed E-state index contributed by atoms with van der Waals surface area (Å²) in [6, 6.07) is 0. The van der Waals surface area contributed by atoms with Gasteiger partial charge in [0.15, 0.2) is 0 Å². The lowest BCUT2D eigenvalue weighted by Gasteiger charge is -2.08. The highest BCUT2D eigenvalue weighted by atomic mass is 32.1. The van der Waals surface area contributed by atoms with Crippen molar-refractivity contribution in [3.8, 4) is 0 Å². The van der Waals surface area contributed by atoms with Gasteiger partial charge in [0, 0.05) is 0 Å². The molecule has 0 saturated carbocycles. The summed E-state index contributed by atoms with van der Waals surface area (Å²) >= 11 is 1.50. The molecule has 0 atom stereocenters. The minimum atomic E-state index is -1.20. The summed E-state index contributed by atoms with van der Waals surface area (Å²) in [7, 11) is 0. The van der Waals surface area contributed by atoms with Crippen molar-refractivity contribution in [3.63, 3.8) is 0 Å². The Bertz CT molecular complexity index is 1170. The molecular formula is C24H28N2O10S2. The Kier molecular flexibility index (Phi) is 11.0. The van der Waals surface area contributed by atoms with Crippen molar-refractivity contribution in [2.45, 2.75) is 41.5 Å². The lowest BCUT2D eigenvalue weighted by atomic mass is 10.1. The number of esters is 4. The van der Waals surface area contributed by atoms with E-state index in [0.717, 1.165) is 22.7 Å². The fourth-order valence-corrected chi connectivity index (χ4v) is 5.37. The number of thiophene rings is 2. The molecule has 2 N–H and O–H groups in total. The predicted octanol–water partition coefficient (Wildman–Crippen LogP) is 3.71. The number of ether oxygens (including phenoxy) is 4. The molecule has 206 valence electrons. The van der Waals surface area contributed by atoms with E-state index in [4.69, 9.17) is 18.9 Å². The Morgan fingerprint density at radius 3 is 1.13 bits per heavy atom. The van der Waals surface area contributed by atoms with E-state index in [1.54, 1.807) is 27.7 Å². The Morgan fingerprint density at radius 2 is 0.842 bits per heavy atom. The number of rotatable bonds is 10. The SMILES string of the molecule is CCOC(=O)c1sc(NC(=O)C(=O)Nc2sc(C(=O)OCC)c(C)c2C(=O)OCC)c(C(=O)OCC)c1C. The minimum absolute atomic E-state index is 0.0356. The first-order valence-electron chi connectivity index (χ1n) is 11.6. The van der Waals surface area contributed by atoms with Gasteiger partial charge in [0.1, 0.15) is 19.8 Å². The van der Waals surface area contributed by atoms with Crippen LogP contribution in [0.4, 0.5) is 10.0 Å². The molecule has 0 aromatic carbocycles. The highest BCUT2D eigenvalue weighted by Crippen LogP contribution is 2.36. The van der Waals surface area contributed by atoms with Gasteiger partial charge in [-0.15, -0.1) is 22.7 Å². The zero-order valence-corrected chi connectivity index (χ0v) is 23.4. The van der Waals surface area contributed by atoms with Gasteiger partial charge in [-0.1, -0.05) is 0 Å². The molecule has 0 spiro atoms. The summed E-state index contributed by atoms with van der Waals surface area (Å²) in [6.45, 7) is 9.63. The second-order valence-corrected chi connectivity index (χ2v) is 9.35. The van der Waals surface area contributed by atoms with Crippen molar-refractivity contribution in [2.75, 3.05) is 37.1 Å². The van der Waals surface area contributed by atoms with Crippen molar-refractivity contribution in [2.24, 2.45) is 0 Å². The lowest BCUT2D eigenvalue weighted by Crippen LogP contribution is -2.29. The molecule has 0 unspecified atom stereocenters. The van der Waals surface area contributed by atoms with Crippen LogP contribution in [0, 0.1) is 13.8 Å². The molecule has 0 radical (unpaired) electrons. The van der Waals surface area contributed by atoms with Crippen LogP contribution in [0.3, 0.4) is 0 Å². The maximum absolute atomic E-state index is 12.8. The van der Waals surface area contributed by atoms with E-state index in [-0.39, 0.29) is 68.4 Å². The van der Waals surface area contributed by atoms with Crippen molar-refractivity contribution in [1.82, 2.24) is 0 Å². The molecule has 2 amide bonds. The highest BCUT2D eigenvalue weighted by molar-refractivity contribution is 7.19. The zero-order chi connectivity index (χ0) is 28.6. The van der Waals surface area contributed by atoms with E-state index >= 15 is 0 Å². The van der Waals surface area contributed by atoms with Gasteiger partial charge in [0.2, 0.25) is 0 Å². The maximum atomic E-state index is 12.8. The summed E-state index contributed by atoms with van der Waals surface area (Å²) < 4.78 is 20.1. The van der Waals surface area contributed by atoms with Crippen LogP contribution in [-0.4, -0.2) is 62.1 Å². The standard InChI is InChI=1S/C24H28N2O10S2/c1-7-33-21(29)13-11(5)15(23(31)35-9-3)37-19(13)25-17(27)18(28)26-20-14(22(30)34-8-2)12(6)16(38-20)24(32)36-10-4/h7-10H2,1-6H3,(H,25,27)(H,26,28). The Labute approximate surface area is 226 Å². The summed E-state index contributed by atoms with van der Waals surface area (Å²) in [6.07, 6.45) is 0. The summed E-state index contributed by atoms with van der Waals surface area (Å²) in [4.78, 5) is 75.5. The van der Waals surface area contributed by atoms with Crippen LogP contribution in [-0.2, 0) is 28.5 Å². The van der Waals surface area contributed by atoms with Crippen LogP contribution in [0.1, 0.15) is 78.9 Å². The monoisotopic (exact) mass is 568 g/mol. The van der Waals surface area contributed by atoms with Gasteiger partial charge in [0.25, 0.3) is 0 Å². The minimum Gasteiger partial charge on any atom is -0.462 e. The molecule has 12 nitrogen and oxygen atoms in total. The van der Waals surface area contributed by atoms with Crippen molar-refractivity contribution < 1.29 is 47.7 Å². The fourth-order valence-electron chi connectivity index (χ4n) is 3.20. The second kappa shape index (κ2) is 13.7. The van der Waals surface area contributed by atoms with Crippen molar-refractivity contribution in [3.05, 3.63) is 32.0 Å². The zero-order valence-electron chi connectivity index (χ0n) is 21.7. The van der Waals surface area contributed by atoms with Crippen LogP contribution >= 0.6 is 22.7 Å². The Balaban J connectivity index is 2.41. The summed E-state index contributed by atoms with van der Waals surface area (Å²) in [5.41, 5.74) is 0.259. The van der Waals surface area contributed by atoms with Crippen LogP contribution < -0.4 is 10.6 Å². The Hall–Kier alpha value is -3.78. The van der Waals surface area contributed by atoms with Crippen LogP contribution in [0.5, 0.6) is 0 Å². The van der Waals surface area contributed by atoms with Crippen molar-refractivity contribution >= 4 is 68.4 Å². The normalized spacial score (nSPS) is 10.4.